The minimum Gasteiger partial charge on any atom is -0.346 e. The van der Waals surface area contributed by atoms with Crippen LogP contribution in [0.25, 0.3) is 0 Å². The van der Waals surface area contributed by atoms with Crippen molar-refractivity contribution in [2.75, 3.05) is 31.5 Å². The molecule has 0 radical (unpaired) electrons. The number of anilines is 1. The Kier molecular flexibility index (Phi) is 6.89. The van der Waals surface area contributed by atoms with Crippen molar-refractivity contribution in [2.45, 2.75) is 6.54 Å². The minimum absolute atomic E-state index is 0.505. The topological polar surface area (TPSA) is 18.5 Å². The summed E-state index contributed by atoms with van der Waals surface area (Å²) < 4.78 is 0. The lowest BCUT2D eigenvalue weighted by Crippen LogP contribution is -2.49. The second-order valence-electron chi connectivity index (χ2n) is 6.07. The third-order valence-corrected chi connectivity index (χ3v) is 6.06. The number of hydrogen-bond donors (Lipinski definition) is 1. The summed E-state index contributed by atoms with van der Waals surface area (Å²) >= 11 is 29.6. The summed E-state index contributed by atoms with van der Waals surface area (Å²) in [6.45, 7) is 4.40. The van der Waals surface area contributed by atoms with Crippen molar-refractivity contribution in [1.82, 2.24) is 9.80 Å². The van der Waals surface area contributed by atoms with Gasteiger partial charge in [-0.15, -0.1) is 0 Å². The van der Waals surface area contributed by atoms with Crippen LogP contribution in [0.15, 0.2) is 36.4 Å². The summed E-state index contributed by atoms with van der Waals surface area (Å²) in [6.07, 6.45) is 0. The first-order valence-electron chi connectivity index (χ1n) is 8.09. The zero-order valence-corrected chi connectivity index (χ0v) is 17.7. The normalized spacial score (nSPS) is 15.2. The average molecular weight is 449 g/mol. The van der Waals surface area contributed by atoms with Gasteiger partial charge in [-0.25, -0.2) is 0 Å². The SMILES string of the molecule is S=C(Nc1ccc(Cl)c(Cl)c1)N1CCN(Cc2ccc(Cl)c(Cl)c2)CC1. The van der Waals surface area contributed by atoms with Crippen molar-refractivity contribution in [3.63, 3.8) is 0 Å². The molecule has 8 heteroatoms. The van der Waals surface area contributed by atoms with Crippen LogP contribution in [0, 0.1) is 0 Å². The summed E-state index contributed by atoms with van der Waals surface area (Å²) in [5.41, 5.74) is 1.99. The van der Waals surface area contributed by atoms with Crippen molar-refractivity contribution in [3.8, 4) is 0 Å². The molecule has 3 nitrogen and oxygen atoms in total. The Labute approximate surface area is 178 Å². The molecule has 26 heavy (non-hydrogen) atoms. The van der Waals surface area contributed by atoms with Crippen LogP contribution in [0.2, 0.25) is 20.1 Å². The Balaban J connectivity index is 1.51. The third kappa shape index (κ3) is 5.16. The molecule has 1 fully saturated rings. The van der Waals surface area contributed by atoms with Crippen LogP contribution in [0.1, 0.15) is 5.56 Å². The minimum atomic E-state index is 0.505. The average Bonchev–Trinajstić information content (AvgIpc) is 2.62. The van der Waals surface area contributed by atoms with Crippen LogP contribution in [-0.4, -0.2) is 41.1 Å². The van der Waals surface area contributed by atoms with Crippen molar-refractivity contribution in [1.29, 1.82) is 0 Å². The van der Waals surface area contributed by atoms with E-state index in [9.17, 15) is 0 Å². The molecular weight excluding hydrogens is 432 g/mol. The van der Waals surface area contributed by atoms with E-state index in [-0.39, 0.29) is 0 Å². The number of thiocarbonyl (C=S) groups is 1. The van der Waals surface area contributed by atoms with E-state index in [1.165, 1.54) is 0 Å². The lowest BCUT2D eigenvalue weighted by atomic mass is 10.2. The zero-order valence-electron chi connectivity index (χ0n) is 13.8. The van der Waals surface area contributed by atoms with Gasteiger partial charge in [0, 0.05) is 38.4 Å². The first-order chi connectivity index (χ1) is 12.4. The molecule has 1 saturated heterocycles. The van der Waals surface area contributed by atoms with Crippen LogP contribution < -0.4 is 5.32 Å². The lowest BCUT2D eigenvalue weighted by molar-refractivity contribution is 0.177. The van der Waals surface area contributed by atoms with E-state index in [2.05, 4.69) is 15.1 Å². The van der Waals surface area contributed by atoms with Gasteiger partial charge in [-0.05, 0) is 48.1 Å². The molecule has 2 aromatic rings. The Morgan fingerprint density at radius 1 is 0.846 bits per heavy atom. The lowest BCUT2D eigenvalue weighted by Gasteiger charge is -2.36. The molecule has 0 atom stereocenters. The molecule has 2 aromatic carbocycles. The van der Waals surface area contributed by atoms with Crippen LogP contribution in [0.5, 0.6) is 0 Å². The number of piperazine rings is 1. The highest BCUT2D eigenvalue weighted by Crippen LogP contribution is 2.26. The number of nitrogens with one attached hydrogen (secondary N) is 1. The van der Waals surface area contributed by atoms with Crippen molar-refractivity contribution in [2.24, 2.45) is 0 Å². The highest BCUT2D eigenvalue weighted by atomic mass is 35.5. The van der Waals surface area contributed by atoms with Crippen molar-refractivity contribution in [3.05, 3.63) is 62.1 Å². The molecule has 3 rings (SSSR count). The third-order valence-electron chi connectivity index (χ3n) is 4.22. The Bertz CT molecular complexity index is 807. The van der Waals surface area contributed by atoms with Gasteiger partial charge in [-0.3, -0.25) is 4.90 Å². The summed E-state index contributed by atoms with van der Waals surface area (Å²) in [5.74, 6) is 0. The number of nitrogens with zero attached hydrogens (tertiary/aromatic N) is 2. The Morgan fingerprint density at radius 2 is 1.46 bits per heavy atom. The predicted molar refractivity (Wildman–Crippen MR) is 116 cm³/mol. The van der Waals surface area contributed by atoms with E-state index in [0.717, 1.165) is 44.0 Å². The number of benzene rings is 2. The fourth-order valence-electron chi connectivity index (χ4n) is 2.78. The molecule has 1 N–H and O–H groups in total. The van der Waals surface area contributed by atoms with Crippen LogP contribution >= 0.6 is 58.6 Å². The van der Waals surface area contributed by atoms with Gasteiger partial charge in [0.05, 0.1) is 20.1 Å². The van der Waals surface area contributed by atoms with E-state index < -0.39 is 0 Å². The molecule has 0 aromatic heterocycles. The summed E-state index contributed by atoms with van der Waals surface area (Å²) in [6, 6.07) is 11.2. The van der Waals surface area contributed by atoms with Crippen LogP contribution in [0.4, 0.5) is 5.69 Å². The summed E-state index contributed by atoms with van der Waals surface area (Å²) in [7, 11) is 0. The van der Waals surface area contributed by atoms with E-state index in [4.69, 9.17) is 58.6 Å². The second-order valence-corrected chi connectivity index (χ2v) is 8.09. The second kappa shape index (κ2) is 8.96. The van der Waals surface area contributed by atoms with Gasteiger partial charge < -0.3 is 10.2 Å². The largest absolute Gasteiger partial charge is 0.346 e. The molecule has 0 amide bonds. The molecular formula is C18H17Cl4N3S. The number of halogens is 4. The van der Waals surface area contributed by atoms with E-state index in [1.807, 2.05) is 24.3 Å². The Hall–Kier alpha value is -0.750. The summed E-state index contributed by atoms with van der Waals surface area (Å²) in [5, 5.41) is 6.12. The van der Waals surface area contributed by atoms with Gasteiger partial charge in [-0.1, -0.05) is 52.5 Å². The van der Waals surface area contributed by atoms with E-state index >= 15 is 0 Å². The van der Waals surface area contributed by atoms with Crippen molar-refractivity contribution < 1.29 is 0 Å². The highest BCUT2D eigenvalue weighted by Gasteiger charge is 2.19. The Morgan fingerprint density at radius 3 is 2.08 bits per heavy atom. The van der Waals surface area contributed by atoms with Gasteiger partial charge in [0.15, 0.2) is 5.11 Å². The van der Waals surface area contributed by atoms with Gasteiger partial charge in [-0.2, -0.15) is 0 Å². The highest BCUT2D eigenvalue weighted by molar-refractivity contribution is 7.80. The zero-order chi connectivity index (χ0) is 18.7. The van der Waals surface area contributed by atoms with Gasteiger partial charge in [0.25, 0.3) is 0 Å². The fourth-order valence-corrected chi connectivity index (χ4v) is 3.70. The molecule has 0 unspecified atom stereocenters. The molecule has 0 spiro atoms. The smallest absolute Gasteiger partial charge is 0.173 e. The molecule has 1 heterocycles. The van der Waals surface area contributed by atoms with E-state index in [1.54, 1.807) is 12.1 Å². The molecule has 0 saturated carbocycles. The maximum atomic E-state index is 6.09. The first kappa shape index (κ1) is 20.0. The molecule has 1 aliphatic rings. The van der Waals surface area contributed by atoms with Gasteiger partial charge in [0.2, 0.25) is 0 Å². The maximum Gasteiger partial charge on any atom is 0.173 e. The summed E-state index contributed by atoms with van der Waals surface area (Å²) in [4.78, 5) is 4.53. The van der Waals surface area contributed by atoms with Gasteiger partial charge >= 0.3 is 0 Å². The van der Waals surface area contributed by atoms with Crippen LogP contribution in [0.3, 0.4) is 0 Å². The first-order valence-corrected chi connectivity index (χ1v) is 10.0. The maximum absolute atomic E-state index is 6.09. The number of hydrogen-bond acceptors (Lipinski definition) is 2. The monoisotopic (exact) mass is 447 g/mol. The van der Waals surface area contributed by atoms with E-state index in [0.29, 0.717) is 25.2 Å². The van der Waals surface area contributed by atoms with Gasteiger partial charge in [0.1, 0.15) is 0 Å². The predicted octanol–water partition coefficient (Wildman–Crippen LogP) is 5.81. The van der Waals surface area contributed by atoms with Crippen molar-refractivity contribution >= 4 is 69.4 Å². The molecule has 0 aliphatic carbocycles. The molecule has 1 aliphatic heterocycles. The standard InChI is InChI=1S/C18H17Cl4N3S/c19-14-3-1-12(9-16(14)21)11-24-5-7-25(8-6-24)18(26)23-13-2-4-15(20)17(22)10-13/h1-4,9-10H,5-8,11H2,(H,23,26). The fraction of sp³-hybridized carbons (Fsp3) is 0.278. The quantitative estimate of drug-likeness (QED) is 0.596. The molecule has 138 valence electrons. The van der Waals surface area contributed by atoms with Crippen LogP contribution in [-0.2, 0) is 6.54 Å². The molecule has 0 bridgehead atoms. The number of rotatable bonds is 3.